The number of para-hydroxylation sites is 1. The summed E-state index contributed by atoms with van der Waals surface area (Å²) < 4.78 is 0. The number of fused-ring (bicyclic) bond motifs is 1. The molecule has 1 aromatic rings. The highest BCUT2D eigenvalue weighted by Gasteiger charge is 2.37. The third-order valence-corrected chi connectivity index (χ3v) is 5.40. The highest BCUT2D eigenvalue weighted by atomic mass is 16.1. The fourth-order valence-corrected chi connectivity index (χ4v) is 3.66. The highest BCUT2D eigenvalue weighted by molar-refractivity contribution is 6.14. The first-order chi connectivity index (χ1) is 11.8. The lowest BCUT2D eigenvalue weighted by atomic mass is 9.83. The van der Waals surface area contributed by atoms with E-state index in [1.54, 1.807) is 13.0 Å². The number of allylic oxidation sites excluding steroid dienone is 8. The van der Waals surface area contributed by atoms with Crippen LogP contribution in [0, 0.1) is 0 Å². The van der Waals surface area contributed by atoms with Gasteiger partial charge in [0.15, 0.2) is 5.78 Å². The van der Waals surface area contributed by atoms with Gasteiger partial charge in [0.25, 0.3) is 0 Å². The summed E-state index contributed by atoms with van der Waals surface area (Å²) in [4.78, 5) is 26.0. The van der Waals surface area contributed by atoms with E-state index in [0.717, 1.165) is 17.6 Å². The zero-order valence-electron chi connectivity index (χ0n) is 15.4. The van der Waals surface area contributed by atoms with E-state index in [-0.39, 0.29) is 11.2 Å². The number of aldehydes is 1. The third kappa shape index (κ3) is 2.60. The van der Waals surface area contributed by atoms with Crippen molar-refractivity contribution in [2.24, 2.45) is 0 Å². The molecular weight excluding hydrogens is 310 g/mol. The molecule has 3 nitrogen and oxygen atoms in total. The Kier molecular flexibility index (Phi) is 4.11. The lowest BCUT2D eigenvalue weighted by molar-refractivity contribution is -0.112. The molecule has 128 valence electrons. The van der Waals surface area contributed by atoms with E-state index >= 15 is 0 Å². The molecule has 0 atom stereocenters. The summed E-state index contributed by atoms with van der Waals surface area (Å²) in [5, 5.41) is 0. The van der Waals surface area contributed by atoms with Gasteiger partial charge < -0.3 is 4.90 Å². The number of hydrogen-bond acceptors (Lipinski definition) is 3. The number of carbonyl (C=O) groups is 2. The molecule has 1 aromatic carbocycles. The number of benzene rings is 1. The first kappa shape index (κ1) is 17.2. The Morgan fingerprint density at radius 2 is 1.72 bits per heavy atom. The van der Waals surface area contributed by atoms with Gasteiger partial charge in [-0.3, -0.25) is 9.59 Å². The van der Waals surface area contributed by atoms with E-state index in [4.69, 9.17) is 0 Å². The minimum Gasteiger partial charge on any atom is -0.347 e. The Hall–Kier alpha value is -2.68. The minimum atomic E-state index is -0.141. The first-order valence-electron chi connectivity index (χ1n) is 8.44. The number of Topliss-reactive ketones (excluding diaryl/α,β-unsaturated/α-hetero) is 1. The quantitative estimate of drug-likeness (QED) is 0.599. The predicted octanol–water partition coefficient (Wildman–Crippen LogP) is 4.27. The molecule has 1 aliphatic carbocycles. The SMILES string of the molecule is CC1=C(C)C(C=O)=C/C(=C/C=C2/N(C)c3ccccc3C2(C)C)C1=O. The molecule has 0 saturated heterocycles. The second kappa shape index (κ2) is 5.99. The number of hydrogen-bond donors (Lipinski definition) is 0. The fraction of sp³-hybridized carbons (Fsp3) is 0.273. The van der Waals surface area contributed by atoms with Crippen LogP contribution < -0.4 is 4.90 Å². The smallest absolute Gasteiger partial charge is 0.189 e. The Morgan fingerprint density at radius 1 is 1.04 bits per heavy atom. The van der Waals surface area contributed by atoms with Crippen LogP contribution in [0.4, 0.5) is 5.69 Å². The highest BCUT2D eigenvalue weighted by Crippen LogP contribution is 2.46. The molecule has 0 amide bonds. The van der Waals surface area contributed by atoms with E-state index in [1.807, 2.05) is 32.2 Å². The van der Waals surface area contributed by atoms with Crippen LogP contribution >= 0.6 is 0 Å². The van der Waals surface area contributed by atoms with Crippen molar-refractivity contribution in [2.45, 2.75) is 33.1 Å². The average molecular weight is 333 g/mol. The summed E-state index contributed by atoms with van der Waals surface area (Å²) in [5.41, 5.74) is 5.96. The van der Waals surface area contributed by atoms with Gasteiger partial charge >= 0.3 is 0 Å². The third-order valence-electron chi connectivity index (χ3n) is 5.40. The summed E-state index contributed by atoms with van der Waals surface area (Å²) >= 11 is 0. The Bertz CT molecular complexity index is 894. The molecule has 3 rings (SSSR count). The number of anilines is 1. The molecule has 0 aromatic heterocycles. The van der Waals surface area contributed by atoms with Crippen LogP contribution in [0.1, 0.15) is 33.3 Å². The van der Waals surface area contributed by atoms with Crippen LogP contribution in [0.25, 0.3) is 0 Å². The summed E-state index contributed by atoms with van der Waals surface area (Å²) in [6.07, 6.45) is 6.33. The number of rotatable bonds is 2. The number of likely N-dealkylation sites (N-methyl/N-ethyl adjacent to an activating group) is 1. The predicted molar refractivity (Wildman–Crippen MR) is 102 cm³/mol. The molecule has 0 N–H and O–H groups in total. The molecule has 0 spiro atoms. The van der Waals surface area contributed by atoms with Crippen molar-refractivity contribution < 1.29 is 9.59 Å². The normalized spacial score (nSPS) is 22.5. The van der Waals surface area contributed by atoms with Crippen LogP contribution in [0.15, 0.2) is 70.5 Å². The lowest BCUT2D eigenvalue weighted by Gasteiger charge is -2.24. The van der Waals surface area contributed by atoms with Crippen molar-refractivity contribution in [1.29, 1.82) is 0 Å². The maximum atomic E-state index is 12.5. The van der Waals surface area contributed by atoms with Crippen LogP contribution in [-0.2, 0) is 15.0 Å². The minimum absolute atomic E-state index is 0.0177. The van der Waals surface area contributed by atoms with E-state index in [2.05, 4.69) is 36.9 Å². The number of nitrogens with zero attached hydrogens (tertiary/aromatic N) is 1. The summed E-state index contributed by atoms with van der Waals surface area (Å²) in [6, 6.07) is 8.34. The largest absolute Gasteiger partial charge is 0.347 e. The van der Waals surface area contributed by atoms with Gasteiger partial charge in [-0.05, 0) is 49.3 Å². The van der Waals surface area contributed by atoms with Crippen molar-refractivity contribution in [2.75, 3.05) is 11.9 Å². The standard InChI is InChI=1S/C22H23NO2/c1-14-15(2)21(25)16(12-17(14)13-24)10-11-20-22(3,4)18-8-6-7-9-19(18)23(20)5/h6-13H,1-5H3/b16-10-,20-11+. The van der Waals surface area contributed by atoms with Crippen LogP contribution in [0.5, 0.6) is 0 Å². The van der Waals surface area contributed by atoms with Gasteiger partial charge in [-0.25, -0.2) is 0 Å². The molecule has 0 unspecified atom stereocenters. The van der Waals surface area contributed by atoms with E-state index in [0.29, 0.717) is 16.7 Å². The summed E-state index contributed by atoms with van der Waals surface area (Å²) in [5.74, 6) is -0.0177. The number of carbonyl (C=O) groups excluding carboxylic acids is 2. The molecule has 2 aliphatic rings. The van der Waals surface area contributed by atoms with E-state index < -0.39 is 0 Å². The van der Waals surface area contributed by atoms with E-state index in [1.165, 1.54) is 11.3 Å². The van der Waals surface area contributed by atoms with Crippen LogP contribution in [0.3, 0.4) is 0 Å². The van der Waals surface area contributed by atoms with Gasteiger partial charge in [0.2, 0.25) is 0 Å². The second-order valence-corrected chi connectivity index (χ2v) is 7.17. The maximum Gasteiger partial charge on any atom is 0.189 e. The average Bonchev–Trinajstić information content (AvgIpc) is 2.79. The molecule has 3 heteroatoms. The zero-order chi connectivity index (χ0) is 18.4. The molecular formula is C22H23NO2. The first-order valence-corrected chi connectivity index (χ1v) is 8.44. The molecule has 0 radical (unpaired) electrons. The topological polar surface area (TPSA) is 37.4 Å². The molecule has 1 aliphatic heterocycles. The van der Waals surface area contributed by atoms with Gasteiger partial charge in [0.05, 0.1) is 0 Å². The Labute approximate surface area is 149 Å². The second-order valence-electron chi connectivity index (χ2n) is 7.17. The van der Waals surface area contributed by atoms with Gasteiger partial charge in [0.1, 0.15) is 6.29 Å². The molecule has 25 heavy (non-hydrogen) atoms. The van der Waals surface area contributed by atoms with Crippen molar-refractivity contribution >= 4 is 17.8 Å². The van der Waals surface area contributed by atoms with Crippen molar-refractivity contribution in [3.63, 3.8) is 0 Å². The molecule has 0 saturated carbocycles. The van der Waals surface area contributed by atoms with Crippen molar-refractivity contribution in [3.05, 3.63) is 76.0 Å². The van der Waals surface area contributed by atoms with Gasteiger partial charge in [-0.2, -0.15) is 0 Å². The fourth-order valence-electron chi connectivity index (χ4n) is 3.66. The van der Waals surface area contributed by atoms with Crippen molar-refractivity contribution in [3.8, 4) is 0 Å². The molecule has 0 fully saturated rings. The Morgan fingerprint density at radius 3 is 2.36 bits per heavy atom. The van der Waals surface area contributed by atoms with Crippen molar-refractivity contribution in [1.82, 2.24) is 0 Å². The van der Waals surface area contributed by atoms with Gasteiger partial charge in [0, 0.05) is 40.6 Å². The molecule has 1 heterocycles. The van der Waals surface area contributed by atoms with Gasteiger partial charge in [-0.15, -0.1) is 0 Å². The monoisotopic (exact) mass is 333 g/mol. The van der Waals surface area contributed by atoms with Gasteiger partial charge in [-0.1, -0.05) is 32.0 Å². The molecule has 0 bridgehead atoms. The van der Waals surface area contributed by atoms with E-state index in [9.17, 15) is 9.59 Å². The summed E-state index contributed by atoms with van der Waals surface area (Å²) in [6.45, 7) is 7.96. The maximum absolute atomic E-state index is 12.5. The summed E-state index contributed by atoms with van der Waals surface area (Å²) in [7, 11) is 2.04. The lowest BCUT2D eigenvalue weighted by Crippen LogP contribution is -2.22. The number of ketones is 1. The Balaban J connectivity index is 2.06. The zero-order valence-corrected chi connectivity index (χ0v) is 15.4. The van der Waals surface area contributed by atoms with Crippen LogP contribution in [-0.4, -0.2) is 19.1 Å². The van der Waals surface area contributed by atoms with Crippen LogP contribution in [0.2, 0.25) is 0 Å².